The number of hydrogen-bond donors (Lipinski definition) is 0. The van der Waals surface area contributed by atoms with Crippen molar-refractivity contribution < 1.29 is 9.59 Å². The Morgan fingerprint density at radius 3 is 1.40 bits per heavy atom. The van der Waals surface area contributed by atoms with Crippen LogP contribution in [0.25, 0.3) is 0 Å². The smallest absolute Gasteiger partial charge is 0.268 e. The molecule has 2 aromatic carbocycles. The number of amides is 2. The monoisotopic (exact) mass is 470 g/mol. The molecule has 2 saturated heterocycles. The van der Waals surface area contributed by atoms with Crippen LogP contribution >= 0.6 is 48.0 Å². The molecule has 2 aliphatic heterocycles. The zero-order valence-corrected chi connectivity index (χ0v) is 20.1. The minimum Gasteiger partial charge on any atom is -0.268 e. The number of rotatable bonds is 2. The molecule has 0 aromatic heterocycles. The zero-order valence-electron chi connectivity index (χ0n) is 16.8. The van der Waals surface area contributed by atoms with Gasteiger partial charge in [0.05, 0.1) is 21.2 Å². The maximum atomic E-state index is 13.3. The second-order valence-corrected chi connectivity index (χ2v) is 10.4. The van der Waals surface area contributed by atoms with E-state index in [1.165, 1.54) is 9.80 Å². The summed E-state index contributed by atoms with van der Waals surface area (Å²) < 4.78 is 0.835. The minimum absolute atomic E-state index is 0.278. The van der Waals surface area contributed by atoms with Crippen molar-refractivity contribution in [2.45, 2.75) is 27.7 Å². The molecule has 152 valence electrons. The summed E-state index contributed by atoms with van der Waals surface area (Å²) in [7, 11) is 0. The van der Waals surface area contributed by atoms with Crippen LogP contribution in [0.2, 0.25) is 0 Å². The van der Waals surface area contributed by atoms with Gasteiger partial charge in [-0.1, -0.05) is 72.2 Å². The van der Waals surface area contributed by atoms with Crippen LogP contribution in [0.15, 0.2) is 46.2 Å². The van der Waals surface area contributed by atoms with E-state index in [1.807, 2.05) is 64.1 Å². The molecule has 8 heteroatoms. The van der Waals surface area contributed by atoms with E-state index >= 15 is 0 Å². The van der Waals surface area contributed by atoms with E-state index in [-0.39, 0.29) is 11.8 Å². The summed E-state index contributed by atoms with van der Waals surface area (Å²) in [6.45, 7) is 7.91. The van der Waals surface area contributed by atoms with Crippen molar-refractivity contribution in [3.8, 4) is 0 Å². The third-order valence-corrected chi connectivity index (χ3v) is 8.25. The van der Waals surface area contributed by atoms with Gasteiger partial charge in [0.2, 0.25) is 0 Å². The highest BCUT2D eigenvalue weighted by Gasteiger charge is 2.43. The summed E-state index contributed by atoms with van der Waals surface area (Å²) >= 11 is 13.3. The van der Waals surface area contributed by atoms with Crippen LogP contribution in [0.1, 0.15) is 22.3 Å². The molecule has 0 bridgehead atoms. The number of carbonyl (C=O) groups is 2. The van der Waals surface area contributed by atoms with Crippen LogP contribution in [0, 0.1) is 27.7 Å². The molecule has 0 unspecified atom stereocenters. The van der Waals surface area contributed by atoms with Gasteiger partial charge < -0.3 is 0 Å². The standard InChI is InChI=1S/C22H18N2O2S4/c1-11-7-5-9-15(13(11)3)23-19(25)17(29-21(23)27)18-20(26)24(22(28)30-18)16-10-6-8-12(2)14(16)4/h5-10H,1-4H3/b18-17+. The number of benzene rings is 2. The number of aryl methyl sites for hydroxylation is 2. The second-order valence-electron chi connectivity index (χ2n) is 7.11. The average molecular weight is 471 g/mol. The van der Waals surface area contributed by atoms with Gasteiger partial charge in [0.1, 0.15) is 0 Å². The van der Waals surface area contributed by atoms with Crippen molar-refractivity contribution in [2.75, 3.05) is 9.80 Å². The van der Waals surface area contributed by atoms with Crippen LogP contribution < -0.4 is 9.80 Å². The van der Waals surface area contributed by atoms with Gasteiger partial charge in [-0.15, -0.1) is 0 Å². The third-order valence-electron chi connectivity index (χ3n) is 5.38. The summed E-state index contributed by atoms with van der Waals surface area (Å²) in [5, 5.41) is 0. The maximum Gasteiger partial charge on any atom is 0.272 e. The highest BCUT2D eigenvalue weighted by Crippen LogP contribution is 2.45. The Balaban J connectivity index is 1.76. The molecular formula is C22H18N2O2S4. The number of nitrogens with zero attached hydrogens (tertiary/aromatic N) is 2. The van der Waals surface area contributed by atoms with Gasteiger partial charge >= 0.3 is 0 Å². The highest BCUT2D eigenvalue weighted by molar-refractivity contribution is 8.30. The van der Waals surface area contributed by atoms with E-state index < -0.39 is 0 Å². The lowest BCUT2D eigenvalue weighted by Gasteiger charge is -2.19. The molecule has 2 aliphatic rings. The van der Waals surface area contributed by atoms with E-state index in [2.05, 4.69) is 0 Å². The summed E-state index contributed by atoms with van der Waals surface area (Å²) in [5.41, 5.74) is 5.61. The van der Waals surface area contributed by atoms with Crippen molar-refractivity contribution in [2.24, 2.45) is 0 Å². The lowest BCUT2D eigenvalue weighted by molar-refractivity contribution is -0.115. The predicted molar refractivity (Wildman–Crippen MR) is 134 cm³/mol. The Morgan fingerprint density at radius 1 is 0.667 bits per heavy atom. The third kappa shape index (κ3) is 3.32. The van der Waals surface area contributed by atoms with Gasteiger partial charge in [-0.25, -0.2) is 0 Å². The van der Waals surface area contributed by atoms with Crippen molar-refractivity contribution in [1.29, 1.82) is 0 Å². The number of carbonyl (C=O) groups excluding carboxylic acids is 2. The Bertz CT molecular complexity index is 1090. The van der Waals surface area contributed by atoms with Crippen LogP contribution in [-0.2, 0) is 9.59 Å². The largest absolute Gasteiger partial charge is 0.272 e. The number of anilines is 2. The molecule has 2 fully saturated rings. The number of thiocarbonyl (C=S) groups is 2. The minimum atomic E-state index is -0.278. The van der Waals surface area contributed by atoms with E-state index in [9.17, 15) is 9.59 Å². The predicted octanol–water partition coefficient (Wildman–Crippen LogP) is 5.56. The molecule has 0 aliphatic carbocycles. The van der Waals surface area contributed by atoms with Gasteiger partial charge in [0, 0.05) is 0 Å². The molecule has 2 amide bonds. The average Bonchev–Trinajstić information content (AvgIpc) is 3.15. The summed E-state index contributed by atoms with van der Waals surface area (Å²) in [5.74, 6) is -0.555. The lowest BCUT2D eigenvalue weighted by atomic mass is 10.1. The molecule has 2 aromatic rings. The molecule has 0 N–H and O–H groups in total. The van der Waals surface area contributed by atoms with Crippen LogP contribution in [-0.4, -0.2) is 20.5 Å². The molecule has 2 heterocycles. The first-order chi connectivity index (χ1) is 14.2. The summed E-state index contributed by atoms with van der Waals surface area (Å²) in [6.07, 6.45) is 0. The van der Waals surface area contributed by atoms with Crippen LogP contribution in [0.3, 0.4) is 0 Å². The van der Waals surface area contributed by atoms with E-state index in [4.69, 9.17) is 24.4 Å². The molecule has 0 atom stereocenters. The molecule has 4 nitrogen and oxygen atoms in total. The fourth-order valence-corrected chi connectivity index (χ4v) is 6.10. The highest BCUT2D eigenvalue weighted by atomic mass is 32.2. The van der Waals surface area contributed by atoms with E-state index in [1.54, 1.807) is 0 Å². The molecule has 0 radical (unpaired) electrons. The fourth-order valence-electron chi connectivity index (χ4n) is 3.38. The van der Waals surface area contributed by atoms with Gasteiger partial charge in [0.25, 0.3) is 11.8 Å². The molecule has 30 heavy (non-hydrogen) atoms. The van der Waals surface area contributed by atoms with Crippen molar-refractivity contribution in [1.82, 2.24) is 0 Å². The van der Waals surface area contributed by atoms with Crippen LogP contribution in [0.5, 0.6) is 0 Å². The topological polar surface area (TPSA) is 40.6 Å². The van der Waals surface area contributed by atoms with E-state index in [0.29, 0.717) is 18.5 Å². The van der Waals surface area contributed by atoms with Crippen LogP contribution in [0.4, 0.5) is 11.4 Å². The second kappa shape index (κ2) is 7.92. The van der Waals surface area contributed by atoms with Crippen molar-refractivity contribution >= 4 is 79.8 Å². The SMILES string of the molecule is Cc1cccc(N2C(=O)/C(=C3\SC(=S)N(c4cccc(C)c4C)C3=O)SC2=S)c1C. The molecule has 4 rings (SSSR count). The van der Waals surface area contributed by atoms with Gasteiger partial charge in [-0.2, -0.15) is 0 Å². The first kappa shape index (κ1) is 21.2. The first-order valence-corrected chi connectivity index (χ1v) is 11.7. The zero-order chi connectivity index (χ0) is 21.7. The quantitative estimate of drug-likeness (QED) is 0.423. The van der Waals surface area contributed by atoms with Crippen molar-refractivity contribution in [3.05, 3.63) is 68.5 Å². The normalized spacial score (nSPS) is 19.5. The van der Waals surface area contributed by atoms with Gasteiger partial charge in [-0.3, -0.25) is 19.4 Å². The van der Waals surface area contributed by atoms with E-state index in [0.717, 1.165) is 57.2 Å². The van der Waals surface area contributed by atoms with Gasteiger partial charge in [0.15, 0.2) is 8.64 Å². The Hall–Kier alpha value is -2.00. The molecule has 0 saturated carbocycles. The fraction of sp³-hybridized carbons (Fsp3) is 0.182. The first-order valence-electron chi connectivity index (χ1n) is 9.21. The summed E-state index contributed by atoms with van der Waals surface area (Å²) in [4.78, 5) is 30.3. The maximum absolute atomic E-state index is 13.3. The number of thioether (sulfide) groups is 2. The summed E-state index contributed by atoms with van der Waals surface area (Å²) in [6, 6.07) is 11.5. The van der Waals surface area contributed by atoms with Gasteiger partial charge in [-0.05, 0) is 62.1 Å². The Labute approximate surface area is 194 Å². The molecule has 0 spiro atoms. The number of hydrogen-bond acceptors (Lipinski definition) is 6. The van der Waals surface area contributed by atoms with Crippen molar-refractivity contribution in [3.63, 3.8) is 0 Å². The Morgan fingerprint density at radius 2 is 1.03 bits per heavy atom. The Kier molecular flexibility index (Phi) is 5.61. The molecular weight excluding hydrogens is 453 g/mol. The lowest BCUT2D eigenvalue weighted by Crippen LogP contribution is -2.30.